The van der Waals surface area contributed by atoms with Crippen molar-refractivity contribution < 1.29 is 8.42 Å². The predicted molar refractivity (Wildman–Crippen MR) is 83.0 cm³/mol. The normalized spacial score (nSPS) is 21.4. The first-order chi connectivity index (χ1) is 9.52. The van der Waals surface area contributed by atoms with Gasteiger partial charge in [-0.15, -0.1) is 0 Å². The second kappa shape index (κ2) is 4.82. The topological polar surface area (TPSA) is 46.5 Å². The van der Waals surface area contributed by atoms with Crippen LogP contribution in [-0.4, -0.2) is 19.9 Å². The summed E-state index contributed by atoms with van der Waals surface area (Å²) in [7, 11) is -3.34. The van der Waals surface area contributed by atoms with Crippen LogP contribution >= 0.6 is 15.9 Å². The minimum Gasteiger partial charge on any atom is -0.260 e. The van der Waals surface area contributed by atoms with Crippen LogP contribution in [0, 0.1) is 0 Å². The van der Waals surface area contributed by atoms with Crippen LogP contribution < -0.4 is 0 Å². The van der Waals surface area contributed by atoms with Crippen molar-refractivity contribution >= 4 is 31.5 Å². The van der Waals surface area contributed by atoms with Gasteiger partial charge in [-0.2, -0.15) is 0 Å². The zero-order valence-electron chi connectivity index (χ0n) is 10.5. The molecule has 0 radical (unpaired) electrons. The number of rotatable bonds is 4. The summed E-state index contributed by atoms with van der Waals surface area (Å²) in [6.07, 6.45) is 0. The van der Waals surface area contributed by atoms with E-state index in [2.05, 4.69) is 20.9 Å². The van der Waals surface area contributed by atoms with Crippen LogP contribution in [0.5, 0.6) is 0 Å². The highest BCUT2D eigenvalue weighted by Crippen LogP contribution is 2.46. The van der Waals surface area contributed by atoms with Crippen LogP contribution in [0.25, 0.3) is 0 Å². The molecule has 0 fully saturated rings. The van der Waals surface area contributed by atoms with Crippen molar-refractivity contribution in [3.63, 3.8) is 0 Å². The number of benzene rings is 2. The molecule has 0 N–H and O–H groups in total. The van der Waals surface area contributed by atoms with Crippen LogP contribution in [0.1, 0.15) is 5.56 Å². The van der Waals surface area contributed by atoms with E-state index in [1.807, 2.05) is 30.3 Å². The van der Waals surface area contributed by atoms with Crippen LogP contribution in [-0.2, 0) is 14.3 Å². The molecule has 0 spiro atoms. The van der Waals surface area contributed by atoms with Crippen LogP contribution in [0.4, 0.5) is 0 Å². The van der Waals surface area contributed by atoms with E-state index >= 15 is 0 Å². The van der Waals surface area contributed by atoms with Crippen molar-refractivity contribution in [2.24, 2.45) is 4.99 Å². The molecule has 0 amide bonds. The van der Waals surface area contributed by atoms with Gasteiger partial charge in [-0.3, -0.25) is 4.99 Å². The lowest BCUT2D eigenvalue weighted by molar-refractivity contribution is 0.600. The Morgan fingerprint density at radius 1 is 0.950 bits per heavy atom. The second-order valence-electron chi connectivity index (χ2n) is 4.62. The molecule has 0 aliphatic carbocycles. The molecule has 0 saturated carbocycles. The predicted octanol–water partition coefficient (Wildman–Crippen LogP) is 3.16. The second-order valence-corrected chi connectivity index (χ2v) is 7.76. The quantitative estimate of drug-likeness (QED) is 0.628. The van der Waals surface area contributed by atoms with Crippen LogP contribution in [0.3, 0.4) is 0 Å². The summed E-state index contributed by atoms with van der Waals surface area (Å²) in [5, 5.41) is 0. The first kappa shape index (κ1) is 13.5. The standard InChI is InChI=1S/C15H12BrNO2S/c16-15(12-7-3-1-4-8-12)14(17-15)11-20(18,19)13-9-5-2-6-10-13/h1-10H,11H2. The number of halogens is 1. The maximum atomic E-state index is 12.3. The van der Waals surface area contributed by atoms with Gasteiger partial charge in [0, 0.05) is 0 Å². The Labute approximate surface area is 126 Å². The van der Waals surface area contributed by atoms with Gasteiger partial charge in [0.15, 0.2) is 14.3 Å². The van der Waals surface area contributed by atoms with E-state index in [0.29, 0.717) is 10.6 Å². The van der Waals surface area contributed by atoms with Gasteiger partial charge in [-0.25, -0.2) is 8.42 Å². The highest BCUT2D eigenvalue weighted by molar-refractivity contribution is 9.10. The summed E-state index contributed by atoms with van der Waals surface area (Å²) in [6, 6.07) is 18.1. The minimum absolute atomic E-state index is 0.0584. The van der Waals surface area contributed by atoms with Gasteiger partial charge in [-0.05, 0) is 33.6 Å². The first-order valence-electron chi connectivity index (χ1n) is 6.14. The summed E-state index contributed by atoms with van der Waals surface area (Å²) < 4.78 is 24.0. The number of hydrogen-bond donors (Lipinski definition) is 0. The highest BCUT2D eigenvalue weighted by atomic mass is 79.9. The van der Waals surface area contributed by atoms with Gasteiger partial charge in [-0.1, -0.05) is 48.5 Å². The molecule has 1 aliphatic heterocycles. The Morgan fingerprint density at radius 2 is 1.50 bits per heavy atom. The molecule has 1 aliphatic rings. The van der Waals surface area contributed by atoms with Gasteiger partial charge in [0.25, 0.3) is 0 Å². The van der Waals surface area contributed by atoms with E-state index < -0.39 is 14.3 Å². The van der Waals surface area contributed by atoms with E-state index in [9.17, 15) is 8.42 Å². The average molecular weight is 350 g/mol. The zero-order valence-corrected chi connectivity index (χ0v) is 12.9. The van der Waals surface area contributed by atoms with Crippen LogP contribution in [0.2, 0.25) is 0 Å². The SMILES string of the molecule is O=S(=O)(CC1=NC1(Br)c1ccccc1)c1ccccc1. The highest BCUT2D eigenvalue weighted by Gasteiger charge is 2.48. The van der Waals surface area contributed by atoms with Crippen molar-refractivity contribution in [3.8, 4) is 0 Å². The molecular weight excluding hydrogens is 338 g/mol. The minimum atomic E-state index is -3.34. The lowest BCUT2D eigenvalue weighted by Gasteiger charge is -2.08. The van der Waals surface area contributed by atoms with Gasteiger partial charge in [0.2, 0.25) is 0 Å². The van der Waals surface area contributed by atoms with E-state index in [0.717, 1.165) is 5.56 Å². The third-order valence-corrected chi connectivity index (χ3v) is 5.94. The molecule has 20 heavy (non-hydrogen) atoms. The number of hydrogen-bond acceptors (Lipinski definition) is 3. The number of alkyl halides is 1. The fourth-order valence-corrected chi connectivity index (χ4v) is 4.24. The van der Waals surface area contributed by atoms with Crippen molar-refractivity contribution in [2.45, 2.75) is 9.34 Å². The zero-order chi connectivity index (χ0) is 14.2. The molecule has 1 atom stereocenters. The lowest BCUT2D eigenvalue weighted by Crippen LogP contribution is -2.17. The van der Waals surface area contributed by atoms with Gasteiger partial charge in [0.05, 0.1) is 16.4 Å². The fourth-order valence-electron chi connectivity index (χ4n) is 2.07. The molecule has 102 valence electrons. The maximum Gasteiger partial charge on any atom is 0.183 e. The smallest absolute Gasteiger partial charge is 0.183 e. The maximum absolute atomic E-state index is 12.3. The summed E-state index contributed by atoms with van der Waals surface area (Å²) in [5.74, 6) is -0.0584. The number of sulfone groups is 1. The van der Waals surface area contributed by atoms with Gasteiger partial charge < -0.3 is 0 Å². The molecule has 1 unspecified atom stereocenters. The Morgan fingerprint density at radius 3 is 2.10 bits per heavy atom. The molecule has 0 bridgehead atoms. The van der Waals surface area contributed by atoms with Crippen molar-refractivity contribution in [1.29, 1.82) is 0 Å². The molecule has 2 aromatic rings. The fraction of sp³-hybridized carbons (Fsp3) is 0.133. The molecule has 1 heterocycles. The van der Waals surface area contributed by atoms with Crippen LogP contribution in [0.15, 0.2) is 70.6 Å². The van der Waals surface area contributed by atoms with Gasteiger partial charge in [0.1, 0.15) is 0 Å². The summed E-state index contributed by atoms with van der Waals surface area (Å²) in [4.78, 5) is 4.65. The summed E-state index contributed by atoms with van der Waals surface area (Å²) in [5.41, 5.74) is 1.60. The molecular formula is C15H12BrNO2S. The Bertz CT molecular complexity index is 757. The molecule has 5 heteroatoms. The van der Waals surface area contributed by atoms with E-state index in [1.165, 1.54) is 0 Å². The van der Waals surface area contributed by atoms with Crippen molar-refractivity contribution in [2.75, 3.05) is 5.75 Å². The average Bonchev–Trinajstić information content (AvgIpc) is 3.11. The van der Waals surface area contributed by atoms with Gasteiger partial charge >= 0.3 is 0 Å². The third kappa shape index (κ3) is 2.43. The Kier molecular flexibility index (Phi) is 3.26. The molecule has 3 rings (SSSR count). The van der Waals surface area contributed by atoms with E-state index in [-0.39, 0.29) is 5.75 Å². The first-order valence-corrected chi connectivity index (χ1v) is 8.58. The lowest BCUT2D eigenvalue weighted by atomic mass is 10.1. The summed E-state index contributed by atoms with van der Waals surface area (Å²) >= 11 is 3.52. The molecule has 0 aromatic heterocycles. The molecule has 2 aromatic carbocycles. The largest absolute Gasteiger partial charge is 0.260 e. The summed E-state index contributed by atoms with van der Waals surface area (Å²) in [6.45, 7) is 0. The Hall–Kier alpha value is -1.46. The molecule has 3 nitrogen and oxygen atoms in total. The third-order valence-electron chi connectivity index (χ3n) is 3.21. The Balaban J connectivity index is 1.80. The van der Waals surface area contributed by atoms with E-state index in [4.69, 9.17) is 0 Å². The molecule has 0 saturated heterocycles. The van der Waals surface area contributed by atoms with Crippen molar-refractivity contribution in [3.05, 3.63) is 66.2 Å². The van der Waals surface area contributed by atoms with Crippen molar-refractivity contribution in [1.82, 2.24) is 0 Å². The monoisotopic (exact) mass is 349 g/mol. The van der Waals surface area contributed by atoms with E-state index in [1.54, 1.807) is 30.3 Å². The number of nitrogens with zero attached hydrogens (tertiary/aromatic N) is 1. The number of aliphatic imine (C=N–C) groups is 1.